The van der Waals surface area contributed by atoms with Crippen LogP contribution in [0.1, 0.15) is 11.1 Å². The highest BCUT2D eigenvalue weighted by molar-refractivity contribution is 6.09. The molecule has 0 saturated heterocycles. The van der Waals surface area contributed by atoms with Crippen LogP contribution < -0.4 is 4.90 Å². The normalized spacial score (nSPS) is 12.8. The summed E-state index contributed by atoms with van der Waals surface area (Å²) in [5, 5.41) is 2.57. The molecule has 1 aliphatic rings. The van der Waals surface area contributed by atoms with Crippen LogP contribution in [-0.4, -0.2) is 4.57 Å². The quantitative estimate of drug-likeness (QED) is 0.229. The second-order valence-corrected chi connectivity index (χ2v) is 10.6. The van der Waals surface area contributed by atoms with Crippen LogP contribution in [0.3, 0.4) is 0 Å². The molecule has 6 aromatic carbocycles. The smallest absolute Gasteiger partial charge is 0.0541 e. The lowest BCUT2D eigenvalue weighted by Crippen LogP contribution is -2.11. The van der Waals surface area contributed by atoms with Crippen LogP contribution >= 0.6 is 0 Å². The monoisotopic (exact) mass is 512 g/mol. The fraction of sp³-hybridized carbons (Fsp3) is 0.0526. The molecule has 0 fully saturated rings. The number of aromatic nitrogens is 1. The van der Waals surface area contributed by atoms with Crippen molar-refractivity contribution in [3.05, 3.63) is 157 Å². The van der Waals surface area contributed by atoms with Crippen LogP contribution in [0, 0.1) is 0 Å². The lowest BCUT2D eigenvalue weighted by molar-refractivity contribution is 0.977. The molecule has 0 bridgehead atoms. The third kappa shape index (κ3) is 3.65. The third-order valence-corrected chi connectivity index (χ3v) is 8.29. The van der Waals surface area contributed by atoms with Gasteiger partial charge >= 0.3 is 0 Å². The summed E-state index contributed by atoms with van der Waals surface area (Å²) < 4.78 is 2.37. The molecule has 0 spiro atoms. The zero-order valence-corrected chi connectivity index (χ0v) is 22.2. The number of fused-ring (bicyclic) bond motifs is 5. The summed E-state index contributed by atoms with van der Waals surface area (Å²) >= 11 is 0. The molecule has 0 unspecified atom stereocenters. The van der Waals surface area contributed by atoms with Crippen LogP contribution in [0.4, 0.5) is 17.1 Å². The fourth-order valence-corrected chi connectivity index (χ4v) is 6.36. The topological polar surface area (TPSA) is 8.17 Å². The average Bonchev–Trinajstić information content (AvgIpc) is 3.26. The first kappa shape index (κ1) is 22.9. The van der Waals surface area contributed by atoms with Gasteiger partial charge in [0.1, 0.15) is 0 Å². The molecule has 7 aromatic rings. The molecule has 1 aliphatic heterocycles. The summed E-state index contributed by atoms with van der Waals surface area (Å²) in [7, 11) is 0. The largest absolute Gasteiger partial charge is 0.310 e. The first-order valence-electron chi connectivity index (χ1n) is 14.0. The van der Waals surface area contributed by atoms with Gasteiger partial charge in [-0.15, -0.1) is 0 Å². The van der Waals surface area contributed by atoms with Crippen LogP contribution in [0.5, 0.6) is 0 Å². The molecule has 2 heterocycles. The fourth-order valence-electron chi connectivity index (χ4n) is 6.36. The number of rotatable bonds is 3. The first-order valence-corrected chi connectivity index (χ1v) is 14.0. The van der Waals surface area contributed by atoms with E-state index in [-0.39, 0.29) is 0 Å². The molecule has 190 valence electrons. The summed E-state index contributed by atoms with van der Waals surface area (Å²) in [4.78, 5) is 2.42. The summed E-state index contributed by atoms with van der Waals surface area (Å²) in [5.41, 5.74) is 12.6. The maximum atomic E-state index is 2.42. The second kappa shape index (κ2) is 9.29. The molecule has 1 aromatic heterocycles. The number of benzene rings is 6. The SMILES string of the molecule is c1ccc2c(c1)CCc1ccccc1N2c1ccc(-c2ccc(-n3c4ccccc4c4ccccc43)cc2)cc1. The highest BCUT2D eigenvalue weighted by atomic mass is 15.1. The van der Waals surface area contributed by atoms with E-state index in [4.69, 9.17) is 0 Å². The van der Waals surface area contributed by atoms with Crippen LogP contribution in [0.25, 0.3) is 38.6 Å². The summed E-state index contributed by atoms with van der Waals surface area (Å²) in [6.07, 6.45) is 2.11. The Morgan fingerprint density at radius 1 is 0.375 bits per heavy atom. The molecule has 40 heavy (non-hydrogen) atoms. The Bertz CT molecular complexity index is 1890. The van der Waals surface area contributed by atoms with Gasteiger partial charge in [0, 0.05) is 33.5 Å². The number of hydrogen-bond donors (Lipinski definition) is 0. The van der Waals surface area contributed by atoms with Crippen molar-refractivity contribution in [2.24, 2.45) is 0 Å². The minimum absolute atomic E-state index is 1.06. The standard InChI is InChI=1S/C38H28N2/c1-5-13-35-29(9-1)17-18-30-10-2-6-14-36(30)39(35)31-23-19-27(20-24-31)28-21-25-32(26-22-28)40-37-15-7-3-11-33(37)34-12-4-8-16-38(34)40/h1-16,19-26H,17-18H2. The Hall–Kier alpha value is -5.08. The Morgan fingerprint density at radius 3 is 1.32 bits per heavy atom. The zero-order valence-electron chi connectivity index (χ0n) is 22.2. The lowest BCUT2D eigenvalue weighted by atomic mass is 10.0. The van der Waals surface area contributed by atoms with E-state index in [9.17, 15) is 0 Å². The zero-order chi connectivity index (χ0) is 26.5. The Balaban J connectivity index is 1.17. The van der Waals surface area contributed by atoms with Crippen molar-refractivity contribution in [3.8, 4) is 16.8 Å². The van der Waals surface area contributed by atoms with E-state index in [1.165, 1.54) is 66.8 Å². The van der Waals surface area contributed by atoms with Gasteiger partial charge in [-0.25, -0.2) is 0 Å². The molecule has 0 saturated carbocycles. The van der Waals surface area contributed by atoms with Crippen LogP contribution in [0.15, 0.2) is 146 Å². The van der Waals surface area contributed by atoms with E-state index in [0.717, 1.165) is 12.8 Å². The highest BCUT2D eigenvalue weighted by Gasteiger charge is 2.21. The molecule has 0 aliphatic carbocycles. The van der Waals surface area contributed by atoms with Crippen LogP contribution in [-0.2, 0) is 12.8 Å². The second-order valence-electron chi connectivity index (χ2n) is 10.6. The van der Waals surface area contributed by atoms with Crippen molar-refractivity contribution in [3.63, 3.8) is 0 Å². The summed E-state index contributed by atoms with van der Waals surface area (Å²) in [5.74, 6) is 0. The minimum atomic E-state index is 1.06. The number of aryl methyl sites for hydroxylation is 2. The molecular weight excluding hydrogens is 484 g/mol. The van der Waals surface area contributed by atoms with Gasteiger partial charge in [0.05, 0.1) is 11.0 Å². The van der Waals surface area contributed by atoms with Gasteiger partial charge in [-0.05, 0) is 83.6 Å². The average molecular weight is 513 g/mol. The first-order chi connectivity index (χ1) is 19.8. The lowest BCUT2D eigenvalue weighted by Gasteiger charge is -2.27. The van der Waals surface area contributed by atoms with Crippen molar-refractivity contribution in [1.29, 1.82) is 0 Å². The van der Waals surface area contributed by atoms with Crippen molar-refractivity contribution >= 4 is 38.9 Å². The van der Waals surface area contributed by atoms with Crippen molar-refractivity contribution in [2.75, 3.05) is 4.90 Å². The highest BCUT2D eigenvalue weighted by Crippen LogP contribution is 2.42. The van der Waals surface area contributed by atoms with E-state index in [2.05, 4.69) is 155 Å². The predicted octanol–water partition coefficient (Wildman–Crippen LogP) is 10.0. The summed E-state index contributed by atoms with van der Waals surface area (Å²) in [6, 6.07) is 52.9. The molecule has 0 N–H and O–H groups in total. The van der Waals surface area contributed by atoms with Crippen molar-refractivity contribution < 1.29 is 0 Å². The predicted molar refractivity (Wildman–Crippen MR) is 168 cm³/mol. The molecule has 2 nitrogen and oxygen atoms in total. The van der Waals surface area contributed by atoms with Gasteiger partial charge in [-0.1, -0.05) is 97.1 Å². The van der Waals surface area contributed by atoms with E-state index in [1.54, 1.807) is 0 Å². The Kier molecular flexibility index (Phi) is 5.31. The van der Waals surface area contributed by atoms with E-state index in [1.807, 2.05) is 0 Å². The molecular formula is C38H28N2. The van der Waals surface area contributed by atoms with Crippen LogP contribution in [0.2, 0.25) is 0 Å². The van der Waals surface area contributed by atoms with Gasteiger partial charge in [0.2, 0.25) is 0 Å². The van der Waals surface area contributed by atoms with Gasteiger partial charge in [-0.2, -0.15) is 0 Å². The van der Waals surface area contributed by atoms with E-state index < -0.39 is 0 Å². The van der Waals surface area contributed by atoms with E-state index >= 15 is 0 Å². The minimum Gasteiger partial charge on any atom is -0.310 e. The number of hydrogen-bond acceptors (Lipinski definition) is 1. The number of nitrogens with zero attached hydrogens (tertiary/aromatic N) is 2. The number of anilines is 3. The Morgan fingerprint density at radius 2 is 0.800 bits per heavy atom. The third-order valence-electron chi connectivity index (χ3n) is 8.29. The van der Waals surface area contributed by atoms with E-state index in [0.29, 0.717) is 0 Å². The number of para-hydroxylation sites is 4. The van der Waals surface area contributed by atoms with Gasteiger partial charge < -0.3 is 9.47 Å². The molecule has 2 heteroatoms. The van der Waals surface area contributed by atoms with Gasteiger partial charge in [-0.3, -0.25) is 0 Å². The van der Waals surface area contributed by atoms with Crippen molar-refractivity contribution in [2.45, 2.75) is 12.8 Å². The maximum absolute atomic E-state index is 2.42. The molecule has 8 rings (SSSR count). The molecule has 0 amide bonds. The van der Waals surface area contributed by atoms with Gasteiger partial charge in [0.15, 0.2) is 0 Å². The molecule has 0 radical (unpaired) electrons. The maximum Gasteiger partial charge on any atom is 0.0541 e. The summed E-state index contributed by atoms with van der Waals surface area (Å²) in [6.45, 7) is 0. The Labute approximate surface area is 234 Å². The van der Waals surface area contributed by atoms with Gasteiger partial charge in [0.25, 0.3) is 0 Å². The van der Waals surface area contributed by atoms with Crippen molar-refractivity contribution in [1.82, 2.24) is 4.57 Å². The molecule has 0 atom stereocenters.